The highest BCUT2D eigenvalue weighted by atomic mass is 32.2. The quantitative estimate of drug-likeness (QED) is 0.502. The van der Waals surface area contributed by atoms with Crippen molar-refractivity contribution < 1.29 is 9.53 Å². The van der Waals surface area contributed by atoms with Crippen LogP contribution in [0.3, 0.4) is 0 Å². The Balaban J connectivity index is 3.12. The lowest BCUT2D eigenvalue weighted by atomic mass is 10.3. The molecule has 1 N–H and O–H groups in total. The van der Waals surface area contributed by atoms with Crippen molar-refractivity contribution in [2.75, 3.05) is 25.7 Å². The normalized spacial score (nSPS) is 12.5. The molecule has 0 aliphatic rings. The van der Waals surface area contributed by atoms with E-state index in [1.807, 2.05) is 7.05 Å². The molecule has 0 radical (unpaired) electrons. The lowest BCUT2D eigenvalue weighted by Crippen LogP contribution is -2.21. The molecular formula is C9H19NO2S. The highest BCUT2D eigenvalue weighted by Crippen LogP contribution is 2.06. The van der Waals surface area contributed by atoms with Crippen molar-refractivity contribution in [1.29, 1.82) is 0 Å². The largest absolute Gasteiger partial charge is 0.469 e. The number of methoxy groups -OCH3 is 1. The van der Waals surface area contributed by atoms with Gasteiger partial charge < -0.3 is 10.1 Å². The maximum absolute atomic E-state index is 10.7. The minimum atomic E-state index is -0.117. The number of hydrogen-bond acceptors (Lipinski definition) is 4. The fourth-order valence-electron chi connectivity index (χ4n) is 0.764. The molecule has 13 heavy (non-hydrogen) atoms. The van der Waals surface area contributed by atoms with Gasteiger partial charge in [0.25, 0.3) is 0 Å². The van der Waals surface area contributed by atoms with Crippen LogP contribution >= 0.6 is 11.8 Å². The van der Waals surface area contributed by atoms with Gasteiger partial charge in [-0.05, 0) is 26.1 Å². The van der Waals surface area contributed by atoms with Gasteiger partial charge in [-0.2, -0.15) is 11.8 Å². The maximum Gasteiger partial charge on any atom is 0.306 e. The monoisotopic (exact) mass is 205 g/mol. The van der Waals surface area contributed by atoms with Crippen LogP contribution in [0, 0.1) is 0 Å². The third-order valence-electron chi connectivity index (χ3n) is 1.87. The lowest BCUT2D eigenvalue weighted by Gasteiger charge is -2.08. The number of carbonyl (C=O) groups excluding carboxylic acids is 1. The zero-order chi connectivity index (χ0) is 10.1. The highest BCUT2D eigenvalue weighted by molar-refractivity contribution is 7.99. The molecule has 0 aromatic rings. The summed E-state index contributed by atoms with van der Waals surface area (Å²) in [4.78, 5) is 10.7. The van der Waals surface area contributed by atoms with E-state index in [1.54, 1.807) is 11.8 Å². The predicted octanol–water partition coefficient (Wildman–Crippen LogP) is 1.28. The zero-order valence-electron chi connectivity index (χ0n) is 8.63. The second-order valence-electron chi connectivity index (χ2n) is 2.92. The molecule has 0 heterocycles. The standard InChI is InChI=1S/C9H19NO2S/c1-8(10-2)4-6-13-7-5-9(11)12-3/h8,10H,4-7H2,1-3H3. The third kappa shape index (κ3) is 8.12. The predicted molar refractivity (Wildman–Crippen MR) is 57.1 cm³/mol. The first-order chi connectivity index (χ1) is 6.20. The Hall–Kier alpha value is -0.220. The molecule has 4 heteroatoms. The molecule has 0 amide bonds. The fourth-order valence-corrected chi connectivity index (χ4v) is 1.80. The molecular weight excluding hydrogens is 186 g/mol. The minimum Gasteiger partial charge on any atom is -0.469 e. The summed E-state index contributed by atoms with van der Waals surface area (Å²) in [5.74, 6) is 1.84. The molecule has 0 bridgehead atoms. The van der Waals surface area contributed by atoms with E-state index in [1.165, 1.54) is 7.11 Å². The van der Waals surface area contributed by atoms with Gasteiger partial charge in [0.15, 0.2) is 0 Å². The average molecular weight is 205 g/mol. The van der Waals surface area contributed by atoms with Gasteiger partial charge in [-0.3, -0.25) is 4.79 Å². The number of ether oxygens (including phenoxy) is 1. The number of hydrogen-bond donors (Lipinski definition) is 1. The summed E-state index contributed by atoms with van der Waals surface area (Å²) in [6.07, 6.45) is 1.66. The van der Waals surface area contributed by atoms with Crippen LogP contribution in [-0.4, -0.2) is 37.7 Å². The van der Waals surface area contributed by atoms with E-state index in [0.29, 0.717) is 12.5 Å². The van der Waals surface area contributed by atoms with Gasteiger partial charge in [0.1, 0.15) is 0 Å². The fraction of sp³-hybridized carbons (Fsp3) is 0.889. The molecule has 0 saturated carbocycles. The number of nitrogens with one attached hydrogen (secondary N) is 1. The van der Waals surface area contributed by atoms with E-state index < -0.39 is 0 Å². The van der Waals surface area contributed by atoms with Crippen LogP contribution in [-0.2, 0) is 9.53 Å². The Bertz CT molecular complexity index is 142. The van der Waals surface area contributed by atoms with Gasteiger partial charge in [-0.15, -0.1) is 0 Å². The zero-order valence-corrected chi connectivity index (χ0v) is 9.45. The third-order valence-corrected chi connectivity index (χ3v) is 2.88. The minimum absolute atomic E-state index is 0.117. The number of rotatable bonds is 7. The van der Waals surface area contributed by atoms with Crippen molar-refractivity contribution >= 4 is 17.7 Å². The van der Waals surface area contributed by atoms with Crippen LogP contribution in [0.15, 0.2) is 0 Å². The SMILES string of the molecule is CNC(C)CCSCCC(=O)OC. The van der Waals surface area contributed by atoms with Crippen LogP contribution < -0.4 is 5.32 Å². The Morgan fingerprint density at radius 1 is 1.54 bits per heavy atom. The molecule has 0 spiro atoms. The van der Waals surface area contributed by atoms with Crippen molar-refractivity contribution in [2.24, 2.45) is 0 Å². The van der Waals surface area contributed by atoms with E-state index in [9.17, 15) is 4.79 Å². The van der Waals surface area contributed by atoms with Gasteiger partial charge in [-0.1, -0.05) is 0 Å². The molecule has 1 atom stereocenters. The molecule has 0 aliphatic heterocycles. The van der Waals surface area contributed by atoms with Crippen LogP contribution in [0.5, 0.6) is 0 Å². The van der Waals surface area contributed by atoms with Crippen molar-refractivity contribution in [3.05, 3.63) is 0 Å². The Kier molecular flexibility index (Phi) is 8.24. The molecule has 78 valence electrons. The average Bonchev–Trinajstić information content (AvgIpc) is 2.16. The molecule has 0 rings (SSSR count). The Labute approximate surface area is 84.6 Å². The molecule has 1 unspecified atom stereocenters. The topological polar surface area (TPSA) is 38.3 Å². The van der Waals surface area contributed by atoms with Crippen molar-refractivity contribution in [2.45, 2.75) is 25.8 Å². The van der Waals surface area contributed by atoms with Crippen molar-refractivity contribution in [3.8, 4) is 0 Å². The van der Waals surface area contributed by atoms with Crippen molar-refractivity contribution in [1.82, 2.24) is 5.32 Å². The first-order valence-electron chi connectivity index (χ1n) is 4.52. The van der Waals surface area contributed by atoms with Crippen LogP contribution in [0.4, 0.5) is 0 Å². The Morgan fingerprint density at radius 3 is 2.77 bits per heavy atom. The molecule has 0 aromatic carbocycles. The van der Waals surface area contributed by atoms with E-state index in [4.69, 9.17) is 0 Å². The van der Waals surface area contributed by atoms with E-state index in [2.05, 4.69) is 17.0 Å². The summed E-state index contributed by atoms with van der Waals surface area (Å²) in [6, 6.07) is 0.561. The molecule has 0 aromatic heterocycles. The van der Waals surface area contributed by atoms with Gasteiger partial charge in [0.2, 0.25) is 0 Å². The second-order valence-corrected chi connectivity index (χ2v) is 4.14. The number of thioether (sulfide) groups is 1. The molecule has 0 fully saturated rings. The molecule has 0 aliphatic carbocycles. The van der Waals surface area contributed by atoms with Crippen LogP contribution in [0.25, 0.3) is 0 Å². The van der Waals surface area contributed by atoms with Crippen LogP contribution in [0.2, 0.25) is 0 Å². The van der Waals surface area contributed by atoms with Gasteiger partial charge in [0, 0.05) is 11.8 Å². The summed E-state index contributed by atoms with van der Waals surface area (Å²) in [7, 11) is 3.39. The first kappa shape index (κ1) is 12.8. The summed E-state index contributed by atoms with van der Waals surface area (Å²) in [5, 5.41) is 3.17. The van der Waals surface area contributed by atoms with Crippen LogP contribution in [0.1, 0.15) is 19.8 Å². The first-order valence-corrected chi connectivity index (χ1v) is 5.68. The van der Waals surface area contributed by atoms with E-state index in [0.717, 1.165) is 17.9 Å². The van der Waals surface area contributed by atoms with Crippen molar-refractivity contribution in [3.63, 3.8) is 0 Å². The summed E-state index contributed by atoms with van der Waals surface area (Å²) in [6.45, 7) is 2.15. The molecule has 3 nitrogen and oxygen atoms in total. The summed E-state index contributed by atoms with van der Waals surface area (Å²) >= 11 is 1.80. The highest BCUT2D eigenvalue weighted by Gasteiger charge is 2.01. The van der Waals surface area contributed by atoms with Gasteiger partial charge in [-0.25, -0.2) is 0 Å². The Morgan fingerprint density at radius 2 is 2.23 bits per heavy atom. The number of esters is 1. The summed E-state index contributed by atoms with van der Waals surface area (Å²) < 4.78 is 4.53. The smallest absolute Gasteiger partial charge is 0.306 e. The number of carbonyl (C=O) groups is 1. The maximum atomic E-state index is 10.7. The lowest BCUT2D eigenvalue weighted by molar-refractivity contribution is -0.140. The summed E-state index contributed by atoms with van der Waals surface area (Å²) in [5.41, 5.74) is 0. The van der Waals surface area contributed by atoms with Gasteiger partial charge >= 0.3 is 5.97 Å². The van der Waals surface area contributed by atoms with Gasteiger partial charge in [0.05, 0.1) is 13.5 Å². The van der Waals surface area contributed by atoms with E-state index >= 15 is 0 Å². The second kappa shape index (κ2) is 8.38. The van der Waals surface area contributed by atoms with E-state index in [-0.39, 0.29) is 5.97 Å². The molecule has 0 saturated heterocycles.